The number of aromatic nitrogens is 4. The van der Waals surface area contributed by atoms with E-state index in [1.807, 2.05) is 42.8 Å². The zero-order valence-corrected chi connectivity index (χ0v) is 16.4. The molecule has 8 heteroatoms. The number of benzene rings is 2. The molecule has 7 nitrogen and oxygen atoms in total. The highest BCUT2D eigenvalue weighted by Gasteiger charge is 2.11. The number of rotatable bonds is 6. The van der Waals surface area contributed by atoms with Gasteiger partial charge in [-0.15, -0.1) is 0 Å². The zero-order chi connectivity index (χ0) is 19.5. The van der Waals surface area contributed by atoms with Gasteiger partial charge in [-0.25, -0.2) is 4.98 Å². The number of hydrogen-bond donors (Lipinski definition) is 2. The van der Waals surface area contributed by atoms with E-state index in [1.54, 1.807) is 6.20 Å². The van der Waals surface area contributed by atoms with Crippen LogP contribution in [-0.2, 0) is 4.79 Å². The number of amides is 1. The fourth-order valence-electron chi connectivity index (χ4n) is 3.04. The van der Waals surface area contributed by atoms with Gasteiger partial charge in [-0.1, -0.05) is 18.2 Å². The zero-order valence-electron chi connectivity index (χ0n) is 15.6. The van der Waals surface area contributed by atoms with Crippen LogP contribution in [-0.4, -0.2) is 30.8 Å². The summed E-state index contributed by atoms with van der Waals surface area (Å²) in [5, 5.41) is 6.17. The highest BCUT2D eigenvalue weighted by molar-refractivity contribution is 7.00. The molecule has 4 aromatic rings. The predicted molar refractivity (Wildman–Crippen MR) is 111 cm³/mol. The lowest BCUT2D eigenvalue weighted by molar-refractivity contribution is -0.115. The fraction of sp³-hybridized carbons (Fsp3) is 0.200. The lowest BCUT2D eigenvalue weighted by Gasteiger charge is -2.15. The quantitative estimate of drug-likeness (QED) is 0.525. The first-order valence-corrected chi connectivity index (χ1v) is 9.69. The highest BCUT2D eigenvalue weighted by atomic mass is 32.1. The van der Waals surface area contributed by atoms with Crippen molar-refractivity contribution in [2.75, 3.05) is 11.9 Å². The molecule has 0 aliphatic carbocycles. The van der Waals surface area contributed by atoms with Gasteiger partial charge in [-0.3, -0.25) is 4.79 Å². The third kappa shape index (κ3) is 3.78. The van der Waals surface area contributed by atoms with Crippen LogP contribution in [0.5, 0.6) is 0 Å². The van der Waals surface area contributed by atoms with Gasteiger partial charge < -0.3 is 15.2 Å². The molecule has 0 saturated heterocycles. The van der Waals surface area contributed by atoms with Crippen LogP contribution >= 0.6 is 11.7 Å². The lowest BCUT2D eigenvalue weighted by Crippen LogP contribution is -2.30. The molecular formula is C20H20N6OS. The van der Waals surface area contributed by atoms with Crippen molar-refractivity contribution in [3.05, 3.63) is 66.2 Å². The summed E-state index contributed by atoms with van der Waals surface area (Å²) < 4.78 is 10.5. The summed E-state index contributed by atoms with van der Waals surface area (Å²) in [6.07, 6.45) is 3.73. The maximum absolute atomic E-state index is 12.3. The van der Waals surface area contributed by atoms with Crippen molar-refractivity contribution in [1.82, 2.24) is 23.6 Å². The molecule has 0 unspecified atom stereocenters. The van der Waals surface area contributed by atoms with Crippen LogP contribution in [0.4, 0.5) is 5.69 Å². The van der Waals surface area contributed by atoms with E-state index in [-0.39, 0.29) is 18.5 Å². The molecular weight excluding hydrogens is 372 g/mol. The Kier molecular flexibility index (Phi) is 5.14. The van der Waals surface area contributed by atoms with Crippen LogP contribution < -0.4 is 10.6 Å². The van der Waals surface area contributed by atoms with E-state index in [4.69, 9.17) is 0 Å². The van der Waals surface area contributed by atoms with Crippen molar-refractivity contribution in [2.45, 2.75) is 19.9 Å². The average Bonchev–Trinajstić information content (AvgIpc) is 3.35. The summed E-state index contributed by atoms with van der Waals surface area (Å²) in [5.41, 5.74) is 4.37. The van der Waals surface area contributed by atoms with Gasteiger partial charge in [-0.05, 0) is 43.7 Å². The summed E-state index contributed by atoms with van der Waals surface area (Å²) in [4.78, 5) is 16.6. The first kappa shape index (κ1) is 18.3. The standard InChI is InChI=1S/C20H20N6OS/c1-13(15-6-8-16(9-7-15)26-11-10-21-14(26)2)22-12-19(27)23-17-4-3-5-18-20(17)25-28-24-18/h3-11,13,22H,12H2,1-2H3,(H,23,27)/t13-/m1/s1. The average molecular weight is 392 g/mol. The number of imidazole rings is 1. The molecule has 0 aliphatic rings. The minimum atomic E-state index is -0.113. The number of carbonyl (C=O) groups is 1. The van der Waals surface area contributed by atoms with Gasteiger partial charge in [0.2, 0.25) is 5.91 Å². The van der Waals surface area contributed by atoms with E-state index in [2.05, 4.69) is 48.6 Å². The monoisotopic (exact) mass is 392 g/mol. The molecule has 1 amide bonds. The molecule has 0 radical (unpaired) electrons. The molecule has 0 aliphatic heterocycles. The SMILES string of the molecule is Cc1nccn1-c1ccc([C@@H](C)NCC(=O)Nc2cccc3nsnc23)cc1. The Morgan fingerprint density at radius 2 is 2.00 bits per heavy atom. The number of nitrogens with zero attached hydrogens (tertiary/aromatic N) is 4. The Labute approximate surface area is 166 Å². The minimum Gasteiger partial charge on any atom is -0.323 e. The van der Waals surface area contributed by atoms with Crippen molar-refractivity contribution in [3.63, 3.8) is 0 Å². The van der Waals surface area contributed by atoms with Crippen molar-refractivity contribution in [1.29, 1.82) is 0 Å². The maximum atomic E-state index is 12.3. The Morgan fingerprint density at radius 3 is 2.75 bits per heavy atom. The van der Waals surface area contributed by atoms with Crippen molar-refractivity contribution >= 4 is 34.4 Å². The topological polar surface area (TPSA) is 84.7 Å². The molecule has 2 N–H and O–H groups in total. The molecule has 0 spiro atoms. The largest absolute Gasteiger partial charge is 0.323 e. The molecule has 142 valence electrons. The second kappa shape index (κ2) is 7.87. The number of carbonyl (C=O) groups excluding carboxylic acids is 1. The first-order chi connectivity index (χ1) is 13.6. The van der Waals surface area contributed by atoms with Gasteiger partial charge in [0.15, 0.2) is 0 Å². The number of fused-ring (bicyclic) bond motifs is 1. The summed E-state index contributed by atoms with van der Waals surface area (Å²) >= 11 is 1.14. The molecule has 1 atom stereocenters. The number of nitrogens with one attached hydrogen (secondary N) is 2. The van der Waals surface area contributed by atoms with E-state index in [9.17, 15) is 4.79 Å². The first-order valence-electron chi connectivity index (χ1n) is 8.96. The van der Waals surface area contributed by atoms with Crippen LogP contribution in [0.3, 0.4) is 0 Å². The van der Waals surface area contributed by atoms with Crippen LogP contribution in [0, 0.1) is 6.92 Å². The smallest absolute Gasteiger partial charge is 0.238 e. The van der Waals surface area contributed by atoms with Gasteiger partial charge in [-0.2, -0.15) is 8.75 Å². The predicted octanol–water partition coefficient (Wildman–Crippen LogP) is 3.47. The van der Waals surface area contributed by atoms with Crippen LogP contribution in [0.1, 0.15) is 24.4 Å². The van der Waals surface area contributed by atoms with Crippen LogP contribution in [0.15, 0.2) is 54.9 Å². The van der Waals surface area contributed by atoms with E-state index in [0.29, 0.717) is 5.69 Å². The van der Waals surface area contributed by atoms with Crippen LogP contribution in [0.25, 0.3) is 16.7 Å². The Bertz CT molecular complexity index is 1100. The summed E-state index contributed by atoms with van der Waals surface area (Å²) in [7, 11) is 0. The lowest BCUT2D eigenvalue weighted by atomic mass is 10.1. The van der Waals surface area contributed by atoms with Gasteiger partial charge in [0, 0.05) is 24.1 Å². The molecule has 2 aromatic carbocycles. The van der Waals surface area contributed by atoms with Crippen LogP contribution in [0.2, 0.25) is 0 Å². The number of aryl methyl sites for hydroxylation is 1. The highest BCUT2D eigenvalue weighted by Crippen LogP contribution is 2.21. The normalized spacial score (nSPS) is 12.2. The third-order valence-electron chi connectivity index (χ3n) is 4.63. The summed E-state index contributed by atoms with van der Waals surface area (Å²) in [6, 6.07) is 13.8. The third-order valence-corrected chi connectivity index (χ3v) is 5.17. The van der Waals surface area contributed by atoms with E-state index in [1.165, 1.54) is 0 Å². The summed E-state index contributed by atoms with van der Waals surface area (Å²) in [5.74, 6) is 0.832. The second-order valence-corrected chi connectivity index (χ2v) is 7.05. The Hall–Kier alpha value is -3.10. The van der Waals surface area contributed by atoms with Crippen molar-refractivity contribution in [3.8, 4) is 5.69 Å². The molecule has 2 aromatic heterocycles. The molecule has 0 bridgehead atoms. The van der Waals surface area contributed by atoms with Gasteiger partial charge in [0.1, 0.15) is 16.9 Å². The molecule has 2 heterocycles. The Morgan fingerprint density at radius 1 is 1.18 bits per heavy atom. The number of anilines is 1. The maximum Gasteiger partial charge on any atom is 0.238 e. The number of hydrogen-bond acceptors (Lipinski definition) is 6. The second-order valence-electron chi connectivity index (χ2n) is 6.52. The van der Waals surface area contributed by atoms with E-state index < -0.39 is 0 Å². The summed E-state index contributed by atoms with van der Waals surface area (Å²) in [6.45, 7) is 4.21. The molecule has 4 rings (SSSR count). The molecule has 28 heavy (non-hydrogen) atoms. The van der Waals surface area contributed by atoms with Gasteiger partial charge in [0.05, 0.1) is 24.0 Å². The van der Waals surface area contributed by atoms with Gasteiger partial charge >= 0.3 is 0 Å². The molecule has 0 fully saturated rings. The van der Waals surface area contributed by atoms with Crippen molar-refractivity contribution in [2.24, 2.45) is 0 Å². The minimum absolute atomic E-state index is 0.0421. The van der Waals surface area contributed by atoms with Gasteiger partial charge in [0.25, 0.3) is 0 Å². The fourth-order valence-corrected chi connectivity index (χ4v) is 3.59. The molecule has 0 saturated carbocycles. The van der Waals surface area contributed by atoms with E-state index in [0.717, 1.165) is 39.8 Å². The van der Waals surface area contributed by atoms with Crippen molar-refractivity contribution < 1.29 is 4.79 Å². The Balaban J connectivity index is 1.36. The van der Waals surface area contributed by atoms with E-state index >= 15 is 0 Å².